The highest BCUT2D eigenvalue weighted by Gasteiger charge is 2.42. The zero-order chi connectivity index (χ0) is 18.4. The van der Waals surface area contributed by atoms with Crippen molar-refractivity contribution in [3.8, 4) is 0 Å². The molecular formula is C16H21F3N4O2. The van der Waals surface area contributed by atoms with Gasteiger partial charge in [-0.25, -0.2) is 0 Å². The first-order chi connectivity index (χ1) is 11.7. The van der Waals surface area contributed by atoms with E-state index in [4.69, 9.17) is 0 Å². The number of hydrogen-bond donors (Lipinski definition) is 1. The van der Waals surface area contributed by atoms with Crippen molar-refractivity contribution in [1.29, 1.82) is 0 Å². The van der Waals surface area contributed by atoms with E-state index in [2.05, 4.69) is 10.2 Å². The van der Waals surface area contributed by atoms with Crippen LogP contribution < -0.4 is 0 Å². The first-order valence-electron chi connectivity index (χ1n) is 8.38. The molecule has 0 radical (unpaired) electrons. The summed E-state index contributed by atoms with van der Waals surface area (Å²) in [6.45, 7) is 2.14. The fourth-order valence-electron chi connectivity index (χ4n) is 3.38. The third-order valence-electron chi connectivity index (χ3n) is 4.86. The molecule has 1 N–H and O–H groups in total. The number of halogens is 3. The third kappa shape index (κ3) is 3.50. The molecule has 1 aliphatic heterocycles. The number of nitrogens with zero attached hydrogens (tertiary/aromatic N) is 3. The molecule has 3 rings (SSSR count). The number of aromatic amines is 1. The Morgan fingerprint density at radius 3 is 2.60 bits per heavy atom. The van der Waals surface area contributed by atoms with E-state index in [0.29, 0.717) is 25.9 Å². The van der Waals surface area contributed by atoms with E-state index in [0.717, 1.165) is 12.8 Å². The van der Waals surface area contributed by atoms with E-state index >= 15 is 0 Å². The number of aryl methyl sites for hydroxylation is 1. The average Bonchev–Trinajstić information content (AvgIpc) is 3.15. The van der Waals surface area contributed by atoms with Crippen molar-refractivity contribution >= 4 is 11.8 Å². The van der Waals surface area contributed by atoms with Gasteiger partial charge in [-0.1, -0.05) is 0 Å². The minimum atomic E-state index is -4.69. The third-order valence-corrected chi connectivity index (χ3v) is 4.86. The molecule has 0 spiro atoms. The van der Waals surface area contributed by atoms with Crippen LogP contribution in [0.15, 0.2) is 0 Å². The van der Waals surface area contributed by atoms with Crippen molar-refractivity contribution in [3.05, 3.63) is 17.0 Å². The Labute approximate surface area is 143 Å². The van der Waals surface area contributed by atoms with Crippen LogP contribution in [0.5, 0.6) is 0 Å². The lowest BCUT2D eigenvalue weighted by atomic mass is 10.1. The normalized spacial score (nSPS) is 20.8. The molecule has 1 aliphatic carbocycles. The van der Waals surface area contributed by atoms with Gasteiger partial charge in [0.05, 0.1) is 5.56 Å². The Kier molecular flexibility index (Phi) is 4.51. The minimum absolute atomic E-state index is 0.0507. The highest BCUT2D eigenvalue weighted by atomic mass is 19.4. The number of hydrogen-bond acceptors (Lipinski definition) is 3. The summed E-state index contributed by atoms with van der Waals surface area (Å²) in [4.78, 5) is 27.9. The molecule has 138 valence electrons. The predicted molar refractivity (Wildman–Crippen MR) is 82.7 cm³/mol. The zero-order valence-corrected chi connectivity index (χ0v) is 14.2. The van der Waals surface area contributed by atoms with E-state index in [9.17, 15) is 22.8 Å². The molecule has 1 aromatic rings. The van der Waals surface area contributed by atoms with Gasteiger partial charge in [0.2, 0.25) is 5.91 Å². The summed E-state index contributed by atoms with van der Waals surface area (Å²) in [5, 5.41) is 5.53. The molecular weight excluding hydrogens is 337 g/mol. The number of carbonyl (C=O) groups is 2. The summed E-state index contributed by atoms with van der Waals surface area (Å²) in [6, 6.07) is -0.268. The summed E-state index contributed by atoms with van der Waals surface area (Å²) in [5.74, 6) is -0.549. The molecule has 0 bridgehead atoms. The number of aromatic nitrogens is 2. The number of carbonyl (C=O) groups excluding carboxylic acids is 2. The van der Waals surface area contributed by atoms with E-state index in [-0.39, 0.29) is 23.6 Å². The maximum Gasteiger partial charge on any atom is 0.435 e. The van der Waals surface area contributed by atoms with E-state index in [1.807, 2.05) is 0 Å². The van der Waals surface area contributed by atoms with Gasteiger partial charge in [0, 0.05) is 37.8 Å². The van der Waals surface area contributed by atoms with Crippen molar-refractivity contribution < 1.29 is 22.8 Å². The molecule has 2 fully saturated rings. The first-order valence-corrected chi connectivity index (χ1v) is 8.38. The fourth-order valence-corrected chi connectivity index (χ4v) is 3.38. The number of alkyl halides is 3. The summed E-state index contributed by atoms with van der Waals surface area (Å²) in [7, 11) is 1.69. The number of likely N-dealkylation sites (N-methyl/N-ethyl adjacent to an activating group) is 1. The average molecular weight is 358 g/mol. The lowest BCUT2D eigenvalue weighted by Gasteiger charge is -2.29. The first kappa shape index (κ1) is 17.8. The monoisotopic (exact) mass is 358 g/mol. The summed E-state index contributed by atoms with van der Waals surface area (Å²) < 4.78 is 39.3. The smallest absolute Gasteiger partial charge is 0.343 e. The summed E-state index contributed by atoms with van der Waals surface area (Å²) in [6.07, 6.45) is -1.53. The number of amides is 2. The van der Waals surface area contributed by atoms with Crippen molar-refractivity contribution in [2.24, 2.45) is 5.92 Å². The molecule has 9 heteroatoms. The quantitative estimate of drug-likeness (QED) is 0.897. The van der Waals surface area contributed by atoms with Gasteiger partial charge in [0.25, 0.3) is 5.91 Å². The molecule has 25 heavy (non-hydrogen) atoms. The van der Waals surface area contributed by atoms with Crippen molar-refractivity contribution in [1.82, 2.24) is 20.0 Å². The topological polar surface area (TPSA) is 69.3 Å². The number of nitrogens with one attached hydrogen (secondary N) is 1. The fraction of sp³-hybridized carbons (Fsp3) is 0.688. The van der Waals surface area contributed by atoms with Gasteiger partial charge in [0.15, 0.2) is 5.69 Å². The maximum atomic E-state index is 13.1. The van der Waals surface area contributed by atoms with Gasteiger partial charge in [-0.3, -0.25) is 14.7 Å². The highest BCUT2D eigenvalue weighted by molar-refractivity contribution is 5.97. The van der Waals surface area contributed by atoms with Crippen molar-refractivity contribution in [2.45, 2.75) is 44.8 Å². The van der Waals surface area contributed by atoms with Gasteiger partial charge >= 0.3 is 6.18 Å². The number of rotatable bonds is 4. The van der Waals surface area contributed by atoms with Crippen LogP contribution in [-0.4, -0.2) is 58.0 Å². The molecule has 1 saturated heterocycles. The van der Waals surface area contributed by atoms with Crippen LogP contribution in [0.2, 0.25) is 0 Å². The summed E-state index contributed by atoms with van der Waals surface area (Å²) in [5.41, 5.74) is -1.50. The molecule has 1 saturated carbocycles. The Balaban J connectivity index is 1.77. The zero-order valence-electron chi connectivity index (χ0n) is 14.2. The molecule has 1 atom stereocenters. The maximum absolute atomic E-state index is 13.1. The van der Waals surface area contributed by atoms with Crippen LogP contribution in [0, 0.1) is 12.8 Å². The van der Waals surface area contributed by atoms with Crippen molar-refractivity contribution in [2.75, 3.05) is 20.1 Å². The Bertz CT molecular complexity index is 681. The second-order valence-corrected chi connectivity index (χ2v) is 6.86. The molecule has 2 heterocycles. The number of likely N-dealkylation sites (tertiary alicyclic amines) is 1. The SMILES string of the molecule is Cc1[nH]nc(C(F)(F)F)c1C(=O)N1CCCC1CN(C)C(=O)C1CC1. The Morgan fingerprint density at radius 2 is 2.00 bits per heavy atom. The second kappa shape index (κ2) is 6.34. The molecule has 1 unspecified atom stereocenters. The molecule has 1 aromatic heterocycles. The Morgan fingerprint density at radius 1 is 1.32 bits per heavy atom. The van der Waals surface area contributed by atoms with Crippen LogP contribution in [0.4, 0.5) is 13.2 Å². The van der Waals surface area contributed by atoms with Crippen LogP contribution >= 0.6 is 0 Å². The van der Waals surface area contributed by atoms with Crippen LogP contribution in [0.25, 0.3) is 0 Å². The Hall–Kier alpha value is -2.06. The van der Waals surface area contributed by atoms with E-state index in [1.54, 1.807) is 11.9 Å². The number of H-pyrrole nitrogens is 1. The van der Waals surface area contributed by atoms with Crippen molar-refractivity contribution in [3.63, 3.8) is 0 Å². The van der Waals surface area contributed by atoms with Crippen LogP contribution in [-0.2, 0) is 11.0 Å². The highest BCUT2D eigenvalue weighted by Crippen LogP contribution is 2.34. The standard InChI is InChI=1S/C16H21F3N4O2/c1-9-12(13(21-20-9)16(17,18)19)15(25)23-7-3-4-11(23)8-22(2)14(24)10-5-6-10/h10-11H,3-8H2,1-2H3,(H,20,21). The molecule has 2 aliphatic rings. The van der Waals surface area contributed by atoms with Crippen LogP contribution in [0.1, 0.15) is 47.4 Å². The molecule has 0 aromatic carbocycles. The lowest BCUT2D eigenvalue weighted by molar-refractivity contribution is -0.141. The lowest BCUT2D eigenvalue weighted by Crippen LogP contribution is -2.44. The van der Waals surface area contributed by atoms with Gasteiger partial charge in [-0.2, -0.15) is 18.3 Å². The van der Waals surface area contributed by atoms with E-state index < -0.39 is 23.3 Å². The molecule has 2 amide bonds. The second-order valence-electron chi connectivity index (χ2n) is 6.86. The van der Waals surface area contributed by atoms with E-state index in [1.165, 1.54) is 11.8 Å². The minimum Gasteiger partial charge on any atom is -0.343 e. The van der Waals surface area contributed by atoms with Gasteiger partial charge in [-0.05, 0) is 32.6 Å². The largest absolute Gasteiger partial charge is 0.435 e. The van der Waals surface area contributed by atoms with Crippen LogP contribution in [0.3, 0.4) is 0 Å². The van der Waals surface area contributed by atoms with Gasteiger partial charge in [-0.15, -0.1) is 0 Å². The molecule has 6 nitrogen and oxygen atoms in total. The van der Waals surface area contributed by atoms with Gasteiger partial charge in [0.1, 0.15) is 0 Å². The van der Waals surface area contributed by atoms with Gasteiger partial charge < -0.3 is 9.80 Å². The predicted octanol–water partition coefficient (Wildman–Crippen LogP) is 2.21. The summed E-state index contributed by atoms with van der Waals surface area (Å²) >= 11 is 0.